The second kappa shape index (κ2) is 11.0. The highest BCUT2D eigenvalue weighted by atomic mass is 35.5. The molecular weight excluding hydrogens is 316 g/mol. The van der Waals surface area contributed by atoms with Crippen molar-refractivity contribution in [3.63, 3.8) is 0 Å². The fraction of sp³-hybridized carbons (Fsp3) is 0.529. The van der Waals surface area contributed by atoms with E-state index in [1.165, 1.54) is 6.92 Å². The van der Waals surface area contributed by atoms with E-state index in [2.05, 4.69) is 5.32 Å². The van der Waals surface area contributed by atoms with Crippen LogP contribution in [0.4, 0.5) is 0 Å². The molecule has 0 aromatic heterocycles. The number of carbonyl (C=O) groups excluding carboxylic acids is 2. The van der Waals surface area contributed by atoms with E-state index >= 15 is 0 Å². The number of carbonyl (C=O) groups is 2. The van der Waals surface area contributed by atoms with Gasteiger partial charge in [0.25, 0.3) is 0 Å². The number of methoxy groups -OCH3 is 1. The van der Waals surface area contributed by atoms with Crippen LogP contribution in [0.5, 0.6) is 0 Å². The highest BCUT2D eigenvalue weighted by Gasteiger charge is 2.10. The summed E-state index contributed by atoms with van der Waals surface area (Å²) in [6.45, 7) is 3.75. The molecule has 1 rings (SSSR count). The van der Waals surface area contributed by atoms with Gasteiger partial charge in [-0.3, -0.25) is 9.59 Å². The Kier molecular flexibility index (Phi) is 9.33. The molecule has 0 atom stereocenters. The first-order valence-corrected chi connectivity index (χ1v) is 8.16. The zero-order valence-electron chi connectivity index (χ0n) is 13.8. The van der Waals surface area contributed by atoms with Gasteiger partial charge < -0.3 is 15.0 Å². The highest BCUT2D eigenvalue weighted by molar-refractivity contribution is 6.30. The molecule has 0 aliphatic rings. The maximum Gasteiger partial charge on any atom is 0.221 e. The fourth-order valence-corrected chi connectivity index (χ4v) is 2.27. The van der Waals surface area contributed by atoms with Gasteiger partial charge in [0.2, 0.25) is 11.8 Å². The molecular formula is C17H25ClN2O3. The van der Waals surface area contributed by atoms with E-state index in [0.29, 0.717) is 37.7 Å². The number of nitrogens with one attached hydrogen (secondary N) is 1. The normalized spacial score (nSPS) is 10.4. The van der Waals surface area contributed by atoms with E-state index in [9.17, 15) is 9.59 Å². The summed E-state index contributed by atoms with van der Waals surface area (Å²) in [5, 5.41) is 3.58. The molecule has 0 unspecified atom stereocenters. The summed E-state index contributed by atoms with van der Waals surface area (Å²) < 4.78 is 4.97. The molecule has 6 heteroatoms. The second-order valence-electron chi connectivity index (χ2n) is 5.33. The highest BCUT2D eigenvalue weighted by Crippen LogP contribution is 2.09. The number of benzene rings is 1. The van der Waals surface area contributed by atoms with Crippen LogP contribution in [-0.4, -0.2) is 50.1 Å². The van der Waals surface area contributed by atoms with Crippen LogP contribution >= 0.6 is 11.6 Å². The Labute approximate surface area is 142 Å². The number of ether oxygens (including phenoxy) is 1. The van der Waals surface area contributed by atoms with E-state index in [0.717, 1.165) is 18.4 Å². The largest absolute Gasteiger partial charge is 0.385 e. The van der Waals surface area contributed by atoms with E-state index < -0.39 is 0 Å². The summed E-state index contributed by atoms with van der Waals surface area (Å²) in [6.07, 6.45) is 1.84. The van der Waals surface area contributed by atoms with E-state index in [1.807, 2.05) is 24.3 Å². The van der Waals surface area contributed by atoms with Gasteiger partial charge in [0, 0.05) is 51.7 Å². The third-order valence-electron chi connectivity index (χ3n) is 3.48. The van der Waals surface area contributed by atoms with Crippen LogP contribution in [0, 0.1) is 0 Å². The van der Waals surface area contributed by atoms with Crippen molar-refractivity contribution in [1.82, 2.24) is 10.2 Å². The predicted molar refractivity (Wildman–Crippen MR) is 91.5 cm³/mol. The van der Waals surface area contributed by atoms with Crippen molar-refractivity contribution < 1.29 is 14.3 Å². The molecule has 0 fully saturated rings. The van der Waals surface area contributed by atoms with Crippen molar-refractivity contribution in [2.75, 3.05) is 33.4 Å². The lowest BCUT2D eigenvalue weighted by Crippen LogP contribution is -2.35. The molecule has 23 heavy (non-hydrogen) atoms. The van der Waals surface area contributed by atoms with Crippen molar-refractivity contribution in [2.24, 2.45) is 0 Å². The minimum Gasteiger partial charge on any atom is -0.385 e. The maximum atomic E-state index is 11.8. The van der Waals surface area contributed by atoms with Crippen LogP contribution in [-0.2, 0) is 20.7 Å². The molecule has 0 saturated carbocycles. The van der Waals surface area contributed by atoms with Gasteiger partial charge in [0.15, 0.2) is 0 Å². The molecule has 128 valence electrons. The Morgan fingerprint density at radius 1 is 1.22 bits per heavy atom. The van der Waals surface area contributed by atoms with E-state index in [1.54, 1.807) is 12.0 Å². The molecule has 0 spiro atoms. The van der Waals surface area contributed by atoms with Crippen LogP contribution < -0.4 is 5.32 Å². The first-order chi connectivity index (χ1) is 11.0. The Morgan fingerprint density at radius 2 is 1.91 bits per heavy atom. The van der Waals surface area contributed by atoms with Crippen LogP contribution in [0.3, 0.4) is 0 Å². The van der Waals surface area contributed by atoms with Gasteiger partial charge in [0.1, 0.15) is 0 Å². The van der Waals surface area contributed by atoms with Crippen molar-refractivity contribution in [3.8, 4) is 0 Å². The van der Waals surface area contributed by atoms with Gasteiger partial charge >= 0.3 is 0 Å². The minimum atomic E-state index is -0.0445. The zero-order chi connectivity index (χ0) is 17.1. The smallest absolute Gasteiger partial charge is 0.221 e. The fourth-order valence-electron chi connectivity index (χ4n) is 2.15. The van der Waals surface area contributed by atoms with Gasteiger partial charge in [-0.05, 0) is 30.5 Å². The van der Waals surface area contributed by atoms with Gasteiger partial charge in [-0.25, -0.2) is 0 Å². The molecule has 0 bridgehead atoms. The van der Waals surface area contributed by atoms with E-state index in [-0.39, 0.29) is 11.8 Å². The molecule has 0 saturated heterocycles. The lowest BCUT2D eigenvalue weighted by Gasteiger charge is -2.20. The quantitative estimate of drug-likeness (QED) is 0.665. The first kappa shape index (κ1) is 19.5. The molecule has 1 N–H and O–H groups in total. The molecule has 0 aliphatic heterocycles. The van der Waals surface area contributed by atoms with Crippen LogP contribution in [0.2, 0.25) is 5.02 Å². The van der Waals surface area contributed by atoms with Crippen LogP contribution in [0.15, 0.2) is 24.3 Å². The Bertz CT molecular complexity index is 491. The number of rotatable bonds is 10. The molecule has 0 radical (unpaired) electrons. The summed E-state index contributed by atoms with van der Waals surface area (Å²) in [4.78, 5) is 25.0. The zero-order valence-corrected chi connectivity index (χ0v) is 14.6. The van der Waals surface area contributed by atoms with Gasteiger partial charge in [-0.2, -0.15) is 0 Å². The molecule has 0 aliphatic carbocycles. The van der Waals surface area contributed by atoms with E-state index in [4.69, 9.17) is 16.3 Å². The summed E-state index contributed by atoms with van der Waals surface area (Å²) in [6, 6.07) is 7.57. The lowest BCUT2D eigenvalue weighted by molar-refractivity contribution is -0.129. The first-order valence-electron chi connectivity index (χ1n) is 7.78. The Hall–Kier alpha value is -1.59. The number of nitrogens with zero attached hydrogens (tertiary/aromatic N) is 1. The number of amides is 2. The Morgan fingerprint density at radius 3 is 2.52 bits per heavy atom. The topological polar surface area (TPSA) is 58.6 Å². The summed E-state index contributed by atoms with van der Waals surface area (Å²) in [7, 11) is 1.63. The van der Waals surface area contributed by atoms with Gasteiger partial charge in [0.05, 0.1) is 0 Å². The van der Waals surface area contributed by atoms with Gasteiger partial charge in [-0.15, -0.1) is 0 Å². The lowest BCUT2D eigenvalue weighted by atomic mass is 10.1. The Balaban J connectivity index is 2.23. The molecule has 5 nitrogen and oxygen atoms in total. The molecule has 0 heterocycles. The average molecular weight is 341 g/mol. The third-order valence-corrected chi connectivity index (χ3v) is 3.73. The standard InChI is InChI=1S/C17H25ClN2O3/c1-14(21)20(11-3-13-23-2)12-9-17(22)19-10-8-15-4-6-16(18)7-5-15/h4-7H,3,8-13H2,1-2H3,(H,19,22). The maximum absolute atomic E-state index is 11.8. The number of hydrogen-bond acceptors (Lipinski definition) is 3. The SMILES string of the molecule is COCCCN(CCC(=O)NCCc1ccc(Cl)cc1)C(C)=O. The number of hydrogen-bond donors (Lipinski definition) is 1. The van der Waals surface area contributed by atoms with Gasteiger partial charge in [-0.1, -0.05) is 23.7 Å². The average Bonchev–Trinajstić information content (AvgIpc) is 2.52. The van der Waals surface area contributed by atoms with Crippen LogP contribution in [0.25, 0.3) is 0 Å². The van der Waals surface area contributed by atoms with Crippen molar-refractivity contribution in [3.05, 3.63) is 34.9 Å². The van der Waals surface area contributed by atoms with Crippen molar-refractivity contribution in [2.45, 2.75) is 26.2 Å². The third kappa shape index (κ3) is 8.57. The molecule has 1 aromatic carbocycles. The monoisotopic (exact) mass is 340 g/mol. The second-order valence-corrected chi connectivity index (χ2v) is 5.77. The molecule has 1 aromatic rings. The van der Waals surface area contributed by atoms with Crippen LogP contribution in [0.1, 0.15) is 25.3 Å². The summed E-state index contributed by atoms with van der Waals surface area (Å²) in [5.41, 5.74) is 1.12. The predicted octanol–water partition coefficient (Wildman–Crippen LogP) is 2.27. The summed E-state index contributed by atoms with van der Waals surface area (Å²) in [5.74, 6) is -0.0629. The number of halogens is 1. The van der Waals surface area contributed by atoms with Crippen molar-refractivity contribution in [1.29, 1.82) is 0 Å². The van der Waals surface area contributed by atoms with Crippen molar-refractivity contribution >= 4 is 23.4 Å². The molecule has 2 amide bonds. The summed E-state index contributed by atoms with van der Waals surface area (Å²) >= 11 is 5.83. The minimum absolute atomic E-state index is 0.0185.